The fraction of sp³-hybridized carbons (Fsp3) is 0.0833. The van der Waals surface area contributed by atoms with E-state index in [0.29, 0.717) is 16.3 Å². The van der Waals surface area contributed by atoms with E-state index in [1.54, 1.807) is 19.1 Å². The summed E-state index contributed by atoms with van der Waals surface area (Å²) in [6, 6.07) is 7.48. The van der Waals surface area contributed by atoms with Gasteiger partial charge in [-0.3, -0.25) is 0 Å². The lowest BCUT2D eigenvalue weighted by molar-refractivity contribution is 0.511. The first-order chi connectivity index (χ1) is 7.11. The van der Waals surface area contributed by atoms with Crippen molar-refractivity contribution in [2.45, 2.75) is 6.92 Å². The fourth-order valence-electron chi connectivity index (χ4n) is 1.53. The van der Waals surface area contributed by atoms with Gasteiger partial charge in [-0.25, -0.2) is 8.78 Å². The van der Waals surface area contributed by atoms with Gasteiger partial charge in [-0.15, -0.1) is 0 Å². The molecule has 0 fully saturated rings. The average molecular weight is 203 g/mol. The Hall–Kier alpha value is -1.95. The quantitative estimate of drug-likeness (QED) is 0.644. The molecule has 0 spiro atoms. The summed E-state index contributed by atoms with van der Waals surface area (Å²) in [5, 5.41) is 9.92. The Bertz CT molecular complexity index is 582. The van der Waals surface area contributed by atoms with Crippen LogP contribution in [0.1, 0.15) is 11.1 Å². The number of halogens is 2. The summed E-state index contributed by atoms with van der Waals surface area (Å²) in [7, 11) is 0. The molecule has 0 radical (unpaired) electrons. The molecule has 0 heterocycles. The van der Waals surface area contributed by atoms with Gasteiger partial charge in [0.25, 0.3) is 0 Å². The molecule has 3 heteroatoms. The molecule has 0 aromatic heterocycles. The van der Waals surface area contributed by atoms with Gasteiger partial charge in [0.1, 0.15) is 0 Å². The van der Waals surface area contributed by atoms with Crippen LogP contribution >= 0.6 is 0 Å². The summed E-state index contributed by atoms with van der Waals surface area (Å²) in [4.78, 5) is 0. The number of aryl methyl sites for hydroxylation is 1. The number of hydrogen-bond donors (Lipinski definition) is 0. The van der Waals surface area contributed by atoms with Crippen LogP contribution in [-0.4, -0.2) is 0 Å². The monoisotopic (exact) mass is 203 g/mol. The summed E-state index contributed by atoms with van der Waals surface area (Å²) in [6.07, 6.45) is 0. The second-order valence-electron chi connectivity index (χ2n) is 3.39. The van der Waals surface area contributed by atoms with Crippen molar-refractivity contribution in [1.82, 2.24) is 0 Å². The highest BCUT2D eigenvalue weighted by molar-refractivity contribution is 5.85. The van der Waals surface area contributed by atoms with Crippen LogP contribution in [0.5, 0.6) is 0 Å². The zero-order chi connectivity index (χ0) is 11.0. The first-order valence-corrected chi connectivity index (χ1v) is 4.41. The minimum atomic E-state index is -0.893. The SMILES string of the molecule is Cc1cc2cc(F)c(F)cc2cc1C#N. The molecular weight excluding hydrogens is 196 g/mol. The second kappa shape index (κ2) is 3.32. The number of nitriles is 1. The van der Waals surface area contributed by atoms with Crippen LogP contribution in [0, 0.1) is 29.9 Å². The van der Waals surface area contributed by atoms with Crippen molar-refractivity contribution in [3.8, 4) is 6.07 Å². The molecule has 1 nitrogen and oxygen atoms in total. The van der Waals surface area contributed by atoms with Gasteiger partial charge in [0.2, 0.25) is 0 Å². The molecule has 2 rings (SSSR count). The molecule has 2 aromatic carbocycles. The Kier molecular flexibility index (Phi) is 2.12. The lowest BCUT2D eigenvalue weighted by atomic mass is 10.0. The minimum Gasteiger partial charge on any atom is -0.204 e. The van der Waals surface area contributed by atoms with Crippen molar-refractivity contribution in [3.63, 3.8) is 0 Å². The van der Waals surface area contributed by atoms with Gasteiger partial charge in [0, 0.05) is 0 Å². The lowest BCUT2D eigenvalue weighted by Gasteiger charge is -2.02. The van der Waals surface area contributed by atoms with Crippen LogP contribution in [0.25, 0.3) is 10.8 Å². The van der Waals surface area contributed by atoms with E-state index in [0.717, 1.165) is 17.7 Å². The maximum absolute atomic E-state index is 12.9. The van der Waals surface area contributed by atoms with E-state index >= 15 is 0 Å². The van der Waals surface area contributed by atoms with Crippen LogP contribution in [-0.2, 0) is 0 Å². The van der Waals surface area contributed by atoms with Crippen LogP contribution in [0.3, 0.4) is 0 Å². The van der Waals surface area contributed by atoms with Gasteiger partial charge in [0.05, 0.1) is 11.6 Å². The van der Waals surface area contributed by atoms with E-state index in [-0.39, 0.29) is 0 Å². The predicted molar refractivity (Wildman–Crippen MR) is 53.3 cm³/mol. The normalized spacial score (nSPS) is 10.3. The smallest absolute Gasteiger partial charge is 0.159 e. The van der Waals surface area contributed by atoms with Gasteiger partial charge in [-0.2, -0.15) is 5.26 Å². The van der Waals surface area contributed by atoms with Crippen molar-refractivity contribution in [2.24, 2.45) is 0 Å². The van der Waals surface area contributed by atoms with Gasteiger partial charge < -0.3 is 0 Å². The lowest BCUT2D eigenvalue weighted by Crippen LogP contribution is -1.87. The maximum Gasteiger partial charge on any atom is 0.159 e. The Balaban J connectivity index is 2.84. The highest BCUT2D eigenvalue weighted by Crippen LogP contribution is 2.22. The third-order valence-electron chi connectivity index (χ3n) is 2.34. The Morgan fingerprint density at radius 3 is 2.07 bits per heavy atom. The van der Waals surface area contributed by atoms with Gasteiger partial charge >= 0.3 is 0 Å². The Morgan fingerprint density at radius 1 is 1.00 bits per heavy atom. The number of hydrogen-bond acceptors (Lipinski definition) is 1. The fourth-order valence-corrected chi connectivity index (χ4v) is 1.53. The molecule has 74 valence electrons. The Labute approximate surface area is 85.6 Å². The average Bonchev–Trinajstić information content (AvgIpc) is 2.20. The highest BCUT2D eigenvalue weighted by Gasteiger charge is 2.06. The minimum absolute atomic E-state index is 0.480. The van der Waals surface area contributed by atoms with Crippen molar-refractivity contribution < 1.29 is 8.78 Å². The molecule has 0 aliphatic rings. The summed E-state index contributed by atoms with van der Waals surface area (Å²) < 4.78 is 25.8. The predicted octanol–water partition coefficient (Wildman–Crippen LogP) is 3.30. The molecule has 0 saturated carbocycles. The third kappa shape index (κ3) is 1.55. The van der Waals surface area contributed by atoms with E-state index in [1.807, 2.05) is 6.07 Å². The molecule has 0 atom stereocenters. The van der Waals surface area contributed by atoms with E-state index in [4.69, 9.17) is 5.26 Å². The molecule has 0 unspecified atom stereocenters. The molecule has 0 aliphatic heterocycles. The molecule has 0 N–H and O–H groups in total. The zero-order valence-corrected chi connectivity index (χ0v) is 8.01. The number of benzene rings is 2. The maximum atomic E-state index is 12.9. The number of rotatable bonds is 0. The molecule has 0 bridgehead atoms. The third-order valence-corrected chi connectivity index (χ3v) is 2.34. The first kappa shape index (κ1) is 9.60. The zero-order valence-electron chi connectivity index (χ0n) is 8.01. The Morgan fingerprint density at radius 2 is 1.53 bits per heavy atom. The summed E-state index contributed by atoms with van der Waals surface area (Å²) in [6.45, 7) is 1.76. The first-order valence-electron chi connectivity index (χ1n) is 4.41. The van der Waals surface area contributed by atoms with Gasteiger partial charge in [0.15, 0.2) is 11.6 Å². The van der Waals surface area contributed by atoms with E-state index in [1.165, 1.54) is 0 Å². The summed E-state index contributed by atoms with van der Waals surface area (Å²) in [5.74, 6) is -1.76. The van der Waals surface area contributed by atoms with Crippen LogP contribution < -0.4 is 0 Å². The van der Waals surface area contributed by atoms with Crippen LogP contribution in [0.2, 0.25) is 0 Å². The molecular formula is C12H7F2N. The molecule has 15 heavy (non-hydrogen) atoms. The number of nitrogens with zero attached hydrogens (tertiary/aromatic N) is 1. The van der Waals surface area contributed by atoms with Crippen molar-refractivity contribution in [2.75, 3.05) is 0 Å². The largest absolute Gasteiger partial charge is 0.204 e. The van der Waals surface area contributed by atoms with Crippen molar-refractivity contribution in [3.05, 3.63) is 47.0 Å². The summed E-state index contributed by atoms with van der Waals surface area (Å²) in [5.41, 5.74) is 1.24. The topological polar surface area (TPSA) is 23.8 Å². The number of fused-ring (bicyclic) bond motifs is 1. The van der Waals surface area contributed by atoms with Crippen molar-refractivity contribution >= 4 is 10.8 Å². The molecule has 2 aromatic rings. The standard InChI is InChI=1S/C12H7F2N/c1-7-2-8-4-11(13)12(14)5-9(8)3-10(7)6-15/h2-5H,1H3. The van der Waals surface area contributed by atoms with Crippen LogP contribution in [0.15, 0.2) is 24.3 Å². The second-order valence-corrected chi connectivity index (χ2v) is 3.39. The van der Waals surface area contributed by atoms with Crippen LogP contribution in [0.4, 0.5) is 8.78 Å². The molecule has 0 saturated heterocycles. The van der Waals surface area contributed by atoms with Gasteiger partial charge in [-0.1, -0.05) is 6.07 Å². The summed E-state index contributed by atoms with van der Waals surface area (Å²) >= 11 is 0. The van der Waals surface area contributed by atoms with Crippen molar-refractivity contribution in [1.29, 1.82) is 5.26 Å². The highest BCUT2D eigenvalue weighted by atomic mass is 19.2. The van der Waals surface area contributed by atoms with E-state index in [9.17, 15) is 8.78 Å². The molecule has 0 aliphatic carbocycles. The molecule has 0 amide bonds. The van der Waals surface area contributed by atoms with Gasteiger partial charge in [-0.05, 0) is 41.5 Å². The van der Waals surface area contributed by atoms with E-state index in [2.05, 4.69) is 0 Å². The van der Waals surface area contributed by atoms with E-state index < -0.39 is 11.6 Å².